The lowest BCUT2D eigenvalue weighted by molar-refractivity contribution is -0.135. The molecular formula is C16H15NO3S. The van der Waals surface area contributed by atoms with Crippen LogP contribution in [0.4, 0.5) is 5.69 Å². The molecule has 0 atom stereocenters. The highest BCUT2D eigenvalue weighted by molar-refractivity contribution is 7.14. The van der Waals surface area contributed by atoms with E-state index in [0.29, 0.717) is 10.6 Å². The van der Waals surface area contributed by atoms with Crippen LogP contribution in [0.5, 0.6) is 0 Å². The summed E-state index contributed by atoms with van der Waals surface area (Å²) in [6.07, 6.45) is 3.19. The number of amides is 1. The standard InChI is InChI=1S/C16H15NO3S/c18-15(19)10-17(12-6-2-1-3-7-12)16(20)14-9-11-5-4-8-13(11)21-14/h1-3,6-7,9H,4-5,8,10H2,(H,18,19). The van der Waals surface area contributed by atoms with Gasteiger partial charge in [0, 0.05) is 10.6 Å². The maximum atomic E-state index is 12.7. The number of carbonyl (C=O) groups is 2. The average molecular weight is 301 g/mol. The van der Waals surface area contributed by atoms with E-state index < -0.39 is 5.97 Å². The van der Waals surface area contributed by atoms with Gasteiger partial charge < -0.3 is 5.11 Å². The number of rotatable bonds is 4. The number of carbonyl (C=O) groups excluding carboxylic acids is 1. The molecule has 21 heavy (non-hydrogen) atoms. The van der Waals surface area contributed by atoms with Crippen molar-refractivity contribution in [1.29, 1.82) is 0 Å². The Hall–Kier alpha value is -2.14. The lowest BCUT2D eigenvalue weighted by Crippen LogP contribution is -2.35. The molecule has 0 aliphatic heterocycles. The third-order valence-electron chi connectivity index (χ3n) is 3.56. The highest BCUT2D eigenvalue weighted by Gasteiger charge is 2.24. The molecule has 1 aromatic heterocycles. The molecule has 108 valence electrons. The summed E-state index contributed by atoms with van der Waals surface area (Å²) in [6.45, 7) is -0.328. The zero-order chi connectivity index (χ0) is 14.8. The van der Waals surface area contributed by atoms with Crippen LogP contribution in [-0.4, -0.2) is 23.5 Å². The van der Waals surface area contributed by atoms with Crippen molar-refractivity contribution >= 4 is 28.9 Å². The second-order valence-corrected chi connectivity index (χ2v) is 6.17. The van der Waals surface area contributed by atoms with E-state index in [1.54, 1.807) is 24.3 Å². The predicted octanol–water partition coefficient (Wildman–Crippen LogP) is 2.97. The molecule has 3 rings (SSSR count). The number of thiophene rings is 1. The number of hydrogen-bond acceptors (Lipinski definition) is 3. The normalized spacial score (nSPS) is 13.0. The van der Waals surface area contributed by atoms with E-state index in [0.717, 1.165) is 19.3 Å². The number of carboxylic acid groups (broad SMARTS) is 1. The van der Waals surface area contributed by atoms with Crippen molar-refractivity contribution in [3.05, 3.63) is 51.7 Å². The molecule has 0 fully saturated rings. The molecule has 0 bridgehead atoms. The fourth-order valence-corrected chi connectivity index (χ4v) is 3.79. The minimum Gasteiger partial charge on any atom is -0.480 e. The van der Waals surface area contributed by atoms with Gasteiger partial charge in [0.15, 0.2) is 0 Å². The summed E-state index contributed by atoms with van der Waals surface area (Å²) in [7, 11) is 0. The van der Waals surface area contributed by atoms with E-state index in [9.17, 15) is 9.59 Å². The van der Waals surface area contributed by atoms with E-state index in [-0.39, 0.29) is 12.5 Å². The zero-order valence-electron chi connectivity index (χ0n) is 11.4. The van der Waals surface area contributed by atoms with Crippen molar-refractivity contribution in [2.24, 2.45) is 0 Å². The molecule has 1 heterocycles. The highest BCUT2D eigenvalue weighted by Crippen LogP contribution is 2.32. The molecule has 4 nitrogen and oxygen atoms in total. The number of benzene rings is 1. The van der Waals surface area contributed by atoms with Gasteiger partial charge in [-0.3, -0.25) is 14.5 Å². The summed E-state index contributed by atoms with van der Waals surface area (Å²) < 4.78 is 0. The molecule has 0 saturated heterocycles. The summed E-state index contributed by atoms with van der Waals surface area (Å²) in [6, 6.07) is 10.9. The Labute approximate surface area is 126 Å². The van der Waals surface area contributed by atoms with E-state index >= 15 is 0 Å². The number of nitrogens with zero attached hydrogens (tertiary/aromatic N) is 1. The van der Waals surface area contributed by atoms with Crippen molar-refractivity contribution in [2.75, 3.05) is 11.4 Å². The van der Waals surface area contributed by atoms with Crippen LogP contribution >= 0.6 is 11.3 Å². The van der Waals surface area contributed by atoms with Gasteiger partial charge in [0.1, 0.15) is 6.54 Å². The Morgan fingerprint density at radius 3 is 2.62 bits per heavy atom. The van der Waals surface area contributed by atoms with E-state index in [1.807, 2.05) is 12.1 Å². The number of aliphatic carboxylic acids is 1. The first kappa shape index (κ1) is 13.8. The molecule has 0 radical (unpaired) electrons. The molecule has 1 aromatic carbocycles. The first-order valence-electron chi connectivity index (χ1n) is 6.85. The van der Waals surface area contributed by atoms with Crippen molar-refractivity contribution in [3.63, 3.8) is 0 Å². The topological polar surface area (TPSA) is 57.6 Å². The number of carboxylic acids is 1. The van der Waals surface area contributed by atoms with E-state index in [4.69, 9.17) is 5.11 Å². The molecule has 1 amide bonds. The fraction of sp³-hybridized carbons (Fsp3) is 0.250. The Balaban J connectivity index is 1.91. The molecule has 2 aromatic rings. The Morgan fingerprint density at radius 2 is 1.95 bits per heavy atom. The van der Waals surface area contributed by atoms with Crippen LogP contribution in [0.25, 0.3) is 0 Å². The third kappa shape index (κ3) is 2.83. The molecule has 0 saturated carbocycles. The SMILES string of the molecule is O=C(O)CN(C(=O)c1cc2c(s1)CCC2)c1ccccc1. The minimum absolute atomic E-state index is 0.233. The van der Waals surface area contributed by atoms with Crippen LogP contribution < -0.4 is 4.90 Å². The van der Waals surface area contributed by atoms with Crippen molar-refractivity contribution < 1.29 is 14.7 Å². The van der Waals surface area contributed by atoms with Crippen LogP contribution in [0.15, 0.2) is 36.4 Å². The van der Waals surface area contributed by atoms with Gasteiger partial charge in [-0.2, -0.15) is 0 Å². The van der Waals surface area contributed by atoms with Crippen LogP contribution in [0.3, 0.4) is 0 Å². The smallest absolute Gasteiger partial charge is 0.323 e. The van der Waals surface area contributed by atoms with Gasteiger partial charge in [-0.1, -0.05) is 18.2 Å². The molecule has 1 aliphatic carbocycles. The number of hydrogen-bond donors (Lipinski definition) is 1. The molecular weight excluding hydrogens is 286 g/mol. The second-order valence-electron chi connectivity index (χ2n) is 5.03. The largest absolute Gasteiger partial charge is 0.480 e. The summed E-state index contributed by atoms with van der Waals surface area (Å²) in [5.41, 5.74) is 1.85. The average Bonchev–Trinajstić information content (AvgIpc) is 3.06. The summed E-state index contributed by atoms with van der Waals surface area (Å²) in [5, 5.41) is 9.07. The lowest BCUT2D eigenvalue weighted by atomic mass is 10.2. The quantitative estimate of drug-likeness (QED) is 0.944. The number of aryl methyl sites for hydroxylation is 2. The van der Waals surface area contributed by atoms with Crippen molar-refractivity contribution in [3.8, 4) is 0 Å². The molecule has 1 N–H and O–H groups in total. The Bertz CT molecular complexity index is 657. The van der Waals surface area contributed by atoms with Gasteiger partial charge in [0.25, 0.3) is 5.91 Å². The van der Waals surface area contributed by atoms with Crippen LogP contribution in [0.2, 0.25) is 0 Å². The zero-order valence-corrected chi connectivity index (χ0v) is 12.2. The first-order valence-corrected chi connectivity index (χ1v) is 7.67. The summed E-state index contributed by atoms with van der Waals surface area (Å²) in [5.74, 6) is -1.25. The molecule has 0 unspecified atom stereocenters. The van der Waals surface area contributed by atoms with Gasteiger partial charge in [-0.15, -0.1) is 11.3 Å². The van der Waals surface area contributed by atoms with E-state index in [2.05, 4.69) is 0 Å². The van der Waals surface area contributed by atoms with Gasteiger partial charge in [-0.25, -0.2) is 0 Å². The molecule has 0 spiro atoms. The highest BCUT2D eigenvalue weighted by atomic mass is 32.1. The van der Waals surface area contributed by atoms with Crippen molar-refractivity contribution in [1.82, 2.24) is 0 Å². The predicted molar refractivity (Wildman–Crippen MR) is 82.1 cm³/mol. The van der Waals surface area contributed by atoms with Gasteiger partial charge in [0.2, 0.25) is 0 Å². The number of fused-ring (bicyclic) bond motifs is 1. The summed E-state index contributed by atoms with van der Waals surface area (Å²) in [4.78, 5) is 26.9. The molecule has 5 heteroatoms. The maximum absolute atomic E-state index is 12.7. The summed E-state index contributed by atoms with van der Waals surface area (Å²) >= 11 is 1.50. The second kappa shape index (κ2) is 5.69. The monoisotopic (exact) mass is 301 g/mol. The van der Waals surface area contributed by atoms with Crippen molar-refractivity contribution in [2.45, 2.75) is 19.3 Å². The van der Waals surface area contributed by atoms with Crippen LogP contribution in [0, 0.1) is 0 Å². The third-order valence-corrected chi connectivity index (χ3v) is 4.79. The van der Waals surface area contributed by atoms with Crippen LogP contribution in [0.1, 0.15) is 26.5 Å². The first-order chi connectivity index (χ1) is 10.1. The number of anilines is 1. The van der Waals surface area contributed by atoms with Gasteiger partial charge in [0.05, 0.1) is 4.88 Å². The maximum Gasteiger partial charge on any atom is 0.323 e. The minimum atomic E-state index is -1.02. The van der Waals surface area contributed by atoms with Crippen LogP contribution in [-0.2, 0) is 17.6 Å². The lowest BCUT2D eigenvalue weighted by Gasteiger charge is -2.20. The molecule has 1 aliphatic rings. The fourth-order valence-electron chi connectivity index (χ4n) is 2.59. The number of para-hydroxylation sites is 1. The Morgan fingerprint density at radius 1 is 1.19 bits per heavy atom. The van der Waals surface area contributed by atoms with E-state index in [1.165, 1.54) is 26.7 Å². The van der Waals surface area contributed by atoms with Gasteiger partial charge >= 0.3 is 5.97 Å². The van der Waals surface area contributed by atoms with Gasteiger partial charge in [-0.05, 0) is 43.0 Å². The Kier molecular flexibility index (Phi) is 3.75.